The van der Waals surface area contributed by atoms with Crippen molar-refractivity contribution in [3.63, 3.8) is 0 Å². The first kappa shape index (κ1) is 15.6. The smallest absolute Gasteiger partial charge is 0.239 e. The fourth-order valence-electron chi connectivity index (χ4n) is 1.54. The molecular formula is C11H13Cl2N5O. The molecule has 19 heavy (non-hydrogen) atoms. The lowest BCUT2D eigenvalue weighted by atomic mass is 10.1. The Balaban J connectivity index is 2.74. The summed E-state index contributed by atoms with van der Waals surface area (Å²) in [4.78, 5) is 14.1. The van der Waals surface area contributed by atoms with E-state index in [1.54, 1.807) is 18.2 Å². The topological polar surface area (TPSA) is 104 Å². The number of primary amides is 1. The molecule has 1 unspecified atom stereocenters. The Bertz CT molecular complexity index is 502. The highest BCUT2D eigenvalue weighted by Gasteiger charge is 2.19. The minimum Gasteiger partial charge on any atom is -0.368 e. The molecule has 0 aliphatic carbocycles. The molecule has 8 heteroatoms. The van der Waals surface area contributed by atoms with Crippen LogP contribution >= 0.6 is 23.2 Å². The van der Waals surface area contributed by atoms with E-state index in [9.17, 15) is 4.79 Å². The van der Waals surface area contributed by atoms with Gasteiger partial charge in [0, 0.05) is 21.5 Å². The quantitative estimate of drug-likeness (QED) is 0.350. The summed E-state index contributed by atoms with van der Waals surface area (Å²) in [5, 5.41) is 7.24. The molecule has 0 aliphatic rings. The maximum atomic E-state index is 11.5. The van der Waals surface area contributed by atoms with Gasteiger partial charge in [-0.1, -0.05) is 28.3 Å². The van der Waals surface area contributed by atoms with Crippen LogP contribution in [0.1, 0.15) is 18.0 Å². The lowest BCUT2D eigenvalue weighted by molar-refractivity contribution is -0.120. The molecule has 0 aromatic heterocycles. The van der Waals surface area contributed by atoms with Crippen molar-refractivity contribution in [1.82, 2.24) is 5.32 Å². The Morgan fingerprint density at radius 1 is 1.53 bits per heavy atom. The minimum absolute atomic E-state index is 0.345. The fraction of sp³-hybridized carbons (Fsp3) is 0.364. The summed E-state index contributed by atoms with van der Waals surface area (Å²) >= 11 is 11.9. The van der Waals surface area contributed by atoms with Crippen LogP contribution in [0.25, 0.3) is 10.4 Å². The molecule has 0 bridgehead atoms. The zero-order chi connectivity index (χ0) is 14.3. The van der Waals surface area contributed by atoms with Crippen molar-refractivity contribution in [3.8, 4) is 0 Å². The van der Waals surface area contributed by atoms with Gasteiger partial charge in [0.2, 0.25) is 5.91 Å². The number of hydrogen-bond acceptors (Lipinski definition) is 3. The highest BCUT2D eigenvalue weighted by molar-refractivity contribution is 6.33. The van der Waals surface area contributed by atoms with Gasteiger partial charge < -0.3 is 11.1 Å². The molecule has 0 fully saturated rings. The summed E-state index contributed by atoms with van der Waals surface area (Å²) in [6, 6.07) is 4.11. The average molecular weight is 302 g/mol. The van der Waals surface area contributed by atoms with Gasteiger partial charge in [0.25, 0.3) is 0 Å². The van der Waals surface area contributed by atoms with E-state index in [0.29, 0.717) is 35.1 Å². The zero-order valence-electron chi connectivity index (χ0n) is 10.0. The molecule has 0 saturated heterocycles. The number of rotatable bonds is 7. The summed E-state index contributed by atoms with van der Waals surface area (Å²) in [5.74, 6) is -0.548. The number of nitrogens with zero attached hydrogens (tertiary/aromatic N) is 3. The van der Waals surface area contributed by atoms with Crippen LogP contribution in [0.15, 0.2) is 23.3 Å². The van der Waals surface area contributed by atoms with E-state index < -0.39 is 11.9 Å². The first-order valence-corrected chi connectivity index (χ1v) is 6.30. The first-order valence-electron chi connectivity index (χ1n) is 5.54. The normalized spacial score (nSPS) is 11.7. The highest BCUT2D eigenvalue weighted by Crippen LogP contribution is 2.26. The second-order valence-electron chi connectivity index (χ2n) is 3.76. The molecule has 1 amide bonds. The van der Waals surface area contributed by atoms with E-state index in [1.807, 2.05) is 0 Å². The summed E-state index contributed by atoms with van der Waals surface area (Å²) in [6.07, 6.45) is 0.589. The maximum absolute atomic E-state index is 11.5. The van der Waals surface area contributed by atoms with Crippen molar-refractivity contribution in [2.24, 2.45) is 10.8 Å². The van der Waals surface area contributed by atoms with Crippen LogP contribution < -0.4 is 11.1 Å². The first-order chi connectivity index (χ1) is 9.06. The number of nitrogens with one attached hydrogen (secondary N) is 1. The van der Waals surface area contributed by atoms with Gasteiger partial charge in [0.15, 0.2) is 0 Å². The largest absolute Gasteiger partial charge is 0.368 e. The van der Waals surface area contributed by atoms with Crippen molar-refractivity contribution >= 4 is 29.1 Å². The molecule has 0 aliphatic heterocycles. The van der Waals surface area contributed by atoms with Crippen LogP contribution in [0.3, 0.4) is 0 Å². The van der Waals surface area contributed by atoms with Gasteiger partial charge in [0.1, 0.15) is 6.04 Å². The number of carbonyl (C=O) groups excluding carboxylic acids is 1. The third kappa shape index (κ3) is 4.96. The maximum Gasteiger partial charge on any atom is 0.239 e. The molecule has 0 heterocycles. The summed E-state index contributed by atoms with van der Waals surface area (Å²) in [6.45, 7) is 0.813. The van der Waals surface area contributed by atoms with Crippen molar-refractivity contribution in [2.45, 2.75) is 12.5 Å². The lowest BCUT2D eigenvalue weighted by Gasteiger charge is -2.17. The molecule has 102 valence electrons. The number of amides is 1. The molecular weight excluding hydrogens is 289 g/mol. The molecule has 1 atom stereocenters. The van der Waals surface area contributed by atoms with E-state index in [0.717, 1.165) is 0 Å². The minimum atomic E-state index is -0.725. The standard InChI is InChI=1S/C11H13Cl2N5O/c12-7-2-3-9(13)8(6-7)10(11(14)19)16-4-1-5-17-18-15/h2-3,6,10,16H,1,4-5H2,(H2,14,19). The van der Waals surface area contributed by atoms with Gasteiger partial charge >= 0.3 is 0 Å². The molecule has 1 aromatic carbocycles. The van der Waals surface area contributed by atoms with Crippen LogP contribution in [0, 0.1) is 0 Å². The Labute approximate surface area is 120 Å². The van der Waals surface area contributed by atoms with Crippen LogP contribution in [0.2, 0.25) is 10.0 Å². The monoisotopic (exact) mass is 301 g/mol. The fourth-order valence-corrected chi connectivity index (χ4v) is 1.95. The van der Waals surface area contributed by atoms with Gasteiger partial charge in [0.05, 0.1) is 0 Å². The van der Waals surface area contributed by atoms with Crippen LogP contribution in [-0.4, -0.2) is 19.0 Å². The van der Waals surface area contributed by atoms with E-state index in [-0.39, 0.29) is 0 Å². The molecule has 6 nitrogen and oxygen atoms in total. The predicted molar refractivity (Wildman–Crippen MR) is 75.0 cm³/mol. The SMILES string of the molecule is [N-]=[N+]=NCCCNC(C(N)=O)c1cc(Cl)ccc1Cl. The van der Waals surface area contributed by atoms with Crippen molar-refractivity contribution in [3.05, 3.63) is 44.3 Å². The number of carbonyl (C=O) groups is 1. The molecule has 1 aromatic rings. The summed E-state index contributed by atoms with van der Waals surface area (Å²) in [7, 11) is 0. The molecule has 3 N–H and O–H groups in total. The third-order valence-electron chi connectivity index (χ3n) is 2.40. The van der Waals surface area contributed by atoms with E-state index in [4.69, 9.17) is 34.5 Å². The Morgan fingerprint density at radius 3 is 2.89 bits per heavy atom. The Kier molecular flexibility index (Phi) is 6.45. The van der Waals surface area contributed by atoms with Crippen LogP contribution in [0.5, 0.6) is 0 Å². The van der Waals surface area contributed by atoms with Crippen molar-refractivity contribution < 1.29 is 4.79 Å². The van der Waals surface area contributed by atoms with Gasteiger partial charge in [-0.15, -0.1) is 0 Å². The van der Waals surface area contributed by atoms with Crippen LogP contribution in [-0.2, 0) is 4.79 Å². The second-order valence-corrected chi connectivity index (χ2v) is 4.61. The van der Waals surface area contributed by atoms with Gasteiger partial charge in [-0.05, 0) is 42.3 Å². The van der Waals surface area contributed by atoms with Crippen molar-refractivity contribution in [1.29, 1.82) is 0 Å². The third-order valence-corrected chi connectivity index (χ3v) is 2.98. The van der Waals surface area contributed by atoms with Crippen LogP contribution in [0.4, 0.5) is 0 Å². The van der Waals surface area contributed by atoms with E-state index in [1.165, 1.54) is 0 Å². The number of halogens is 2. The van der Waals surface area contributed by atoms with E-state index in [2.05, 4.69) is 15.3 Å². The number of azide groups is 1. The molecule has 0 saturated carbocycles. The van der Waals surface area contributed by atoms with Crippen molar-refractivity contribution in [2.75, 3.05) is 13.1 Å². The molecule has 1 rings (SSSR count). The second kappa shape index (κ2) is 7.86. The summed E-state index contributed by atoms with van der Waals surface area (Å²) in [5.41, 5.74) is 14.0. The molecule has 0 radical (unpaired) electrons. The number of nitrogens with two attached hydrogens (primary N) is 1. The predicted octanol–water partition coefficient (Wildman–Crippen LogP) is 2.81. The molecule has 0 spiro atoms. The zero-order valence-corrected chi connectivity index (χ0v) is 11.5. The van der Waals surface area contributed by atoms with Gasteiger partial charge in [-0.2, -0.15) is 0 Å². The average Bonchev–Trinajstić information content (AvgIpc) is 2.37. The van der Waals surface area contributed by atoms with Gasteiger partial charge in [-0.3, -0.25) is 4.79 Å². The highest BCUT2D eigenvalue weighted by atomic mass is 35.5. The lowest BCUT2D eigenvalue weighted by Crippen LogP contribution is -2.34. The Morgan fingerprint density at radius 2 is 2.26 bits per heavy atom. The number of benzene rings is 1. The summed E-state index contributed by atoms with van der Waals surface area (Å²) < 4.78 is 0. The number of hydrogen-bond donors (Lipinski definition) is 2. The Hall–Kier alpha value is -1.46. The van der Waals surface area contributed by atoms with Gasteiger partial charge in [-0.25, -0.2) is 0 Å². The van der Waals surface area contributed by atoms with E-state index >= 15 is 0 Å².